The number of rotatable bonds is 5. The highest BCUT2D eigenvalue weighted by Gasteiger charge is 2.25. The summed E-state index contributed by atoms with van der Waals surface area (Å²) in [6.07, 6.45) is 4.74. The lowest BCUT2D eigenvalue weighted by Crippen LogP contribution is -2.35. The SMILES string of the molecule is CC1CCCC1N[C@H](CCO)c1ccccc1. The van der Waals surface area contributed by atoms with Crippen molar-refractivity contribution in [1.29, 1.82) is 0 Å². The van der Waals surface area contributed by atoms with Crippen LogP contribution in [0.15, 0.2) is 30.3 Å². The Bertz CT molecular complexity index is 325. The van der Waals surface area contributed by atoms with E-state index in [4.69, 9.17) is 0 Å². The van der Waals surface area contributed by atoms with Gasteiger partial charge in [-0.3, -0.25) is 0 Å². The summed E-state index contributed by atoms with van der Waals surface area (Å²) in [4.78, 5) is 0. The zero-order valence-electron chi connectivity index (χ0n) is 10.6. The highest BCUT2D eigenvalue weighted by molar-refractivity contribution is 5.19. The summed E-state index contributed by atoms with van der Waals surface area (Å²) in [5.74, 6) is 0.764. The second-order valence-corrected chi connectivity index (χ2v) is 5.16. The molecule has 0 aliphatic heterocycles. The molecule has 1 aromatic rings. The molecule has 1 aliphatic rings. The average Bonchev–Trinajstić information content (AvgIpc) is 2.76. The Hall–Kier alpha value is -0.860. The van der Waals surface area contributed by atoms with Crippen molar-refractivity contribution >= 4 is 0 Å². The molecule has 2 heteroatoms. The molecule has 0 heterocycles. The van der Waals surface area contributed by atoms with Crippen LogP contribution in [0.1, 0.15) is 44.2 Å². The molecule has 2 N–H and O–H groups in total. The average molecular weight is 233 g/mol. The van der Waals surface area contributed by atoms with Gasteiger partial charge in [-0.1, -0.05) is 43.7 Å². The molecular formula is C15H23NO. The van der Waals surface area contributed by atoms with Gasteiger partial charge < -0.3 is 10.4 Å². The van der Waals surface area contributed by atoms with E-state index in [2.05, 4.69) is 36.5 Å². The smallest absolute Gasteiger partial charge is 0.0449 e. The Balaban J connectivity index is 2.02. The molecule has 2 rings (SSSR count). The topological polar surface area (TPSA) is 32.3 Å². The second kappa shape index (κ2) is 6.18. The highest BCUT2D eigenvalue weighted by atomic mass is 16.3. The van der Waals surface area contributed by atoms with E-state index in [0.29, 0.717) is 12.1 Å². The van der Waals surface area contributed by atoms with Crippen LogP contribution in [0, 0.1) is 5.92 Å². The van der Waals surface area contributed by atoms with Crippen LogP contribution in [0.2, 0.25) is 0 Å². The maximum Gasteiger partial charge on any atom is 0.0449 e. The molecule has 0 amide bonds. The van der Waals surface area contributed by atoms with Gasteiger partial charge in [-0.15, -0.1) is 0 Å². The molecule has 3 atom stereocenters. The van der Waals surface area contributed by atoms with E-state index in [-0.39, 0.29) is 6.61 Å². The summed E-state index contributed by atoms with van der Waals surface area (Å²) in [6, 6.07) is 11.4. The van der Waals surface area contributed by atoms with E-state index < -0.39 is 0 Å². The minimum absolute atomic E-state index is 0.244. The molecule has 94 valence electrons. The molecule has 2 nitrogen and oxygen atoms in total. The molecule has 1 aromatic carbocycles. The summed E-state index contributed by atoms with van der Waals surface area (Å²) in [5.41, 5.74) is 1.29. The van der Waals surface area contributed by atoms with E-state index in [1.807, 2.05) is 6.07 Å². The van der Waals surface area contributed by atoms with Crippen LogP contribution < -0.4 is 5.32 Å². The van der Waals surface area contributed by atoms with E-state index in [0.717, 1.165) is 12.3 Å². The van der Waals surface area contributed by atoms with Gasteiger partial charge in [-0.05, 0) is 30.7 Å². The number of hydrogen-bond acceptors (Lipinski definition) is 2. The number of nitrogens with one attached hydrogen (secondary N) is 1. The lowest BCUT2D eigenvalue weighted by Gasteiger charge is -2.25. The number of hydrogen-bond donors (Lipinski definition) is 2. The maximum atomic E-state index is 9.20. The van der Waals surface area contributed by atoms with Crippen molar-refractivity contribution in [3.05, 3.63) is 35.9 Å². The standard InChI is InChI=1S/C15H23NO/c1-12-6-5-9-14(12)16-15(10-11-17)13-7-3-2-4-8-13/h2-4,7-8,12,14-17H,5-6,9-11H2,1H3/t12?,14?,15-/m1/s1. The van der Waals surface area contributed by atoms with Crippen LogP contribution in [0.5, 0.6) is 0 Å². The van der Waals surface area contributed by atoms with Gasteiger partial charge in [-0.25, -0.2) is 0 Å². The van der Waals surface area contributed by atoms with Crippen molar-refractivity contribution in [3.8, 4) is 0 Å². The minimum atomic E-state index is 0.244. The summed E-state index contributed by atoms with van der Waals surface area (Å²) in [5, 5.41) is 12.9. The third-order valence-corrected chi connectivity index (χ3v) is 3.90. The second-order valence-electron chi connectivity index (χ2n) is 5.16. The first kappa shape index (κ1) is 12.6. The third-order valence-electron chi connectivity index (χ3n) is 3.90. The Labute approximate surface area is 104 Å². The fourth-order valence-electron chi connectivity index (χ4n) is 2.81. The molecule has 0 spiro atoms. The van der Waals surface area contributed by atoms with Crippen LogP contribution in [-0.2, 0) is 0 Å². The first-order valence-corrected chi connectivity index (χ1v) is 6.73. The molecule has 0 aromatic heterocycles. The summed E-state index contributed by atoms with van der Waals surface area (Å²) in [6.45, 7) is 2.57. The summed E-state index contributed by atoms with van der Waals surface area (Å²) < 4.78 is 0. The first-order chi connectivity index (χ1) is 8.31. The molecule has 0 bridgehead atoms. The van der Waals surface area contributed by atoms with Crippen molar-refractivity contribution in [2.24, 2.45) is 5.92 Å². The van der Waals surface area contributed by atoms with Gasteiger partial charge in [0.2, 0.25) is 0 Å². The van der Waals surface area contributed by atoms with Gasteiger partial charge in [-0.2, -0.15) is 0 Å². The molecular weight excluding hydrogens is 210 g/mol. The molecule has 0 saturated heterocycles. The zero-order valence-corrected chi connectivity index (χ0v) is 10.6. The van der Waals surface area contributed by atoms with Crippen molar-refractivity contribution in [3.63, 3.8) is 0 Å². The van der Waals surface area contributed by atoms with E-state index in [9.17, 15) is 5.11 Å². The number of aliphatic hydroxyl groups excluding tert-OH is 1. The fourth-order valence-corrected chi connectivity index (χ4v) is 2.81. The van der Waals surface area contributed by atoms with Crippen LogP contribution >= 0.6 is 0 Å². The van der Waals surface area contributed by atoms with Gasteiger partial charge in [0.15, 0.2) is 0 Å². The molecule has 2 unspecified atom stereocenters. The van der Waals surface area contributed by atoms with Gasteiger partial charge in [0, 0.05) is 18.7 Å². The van der Waals surface area contributed by atoms with Crippen LogP contribution in [0.25, 0.3) is 0 Å². The van der Waals surface area contributed by atoms with Gasteiger partial charge in [0.05, 0.1) is 0 Å². The zero-order chi connectivity index (χ0) is 12.1. The predicted molar refractivity (Wildman–Crippen MR) is 70.8 cm³/mol. The highest BCUT2D eigenvalue weighted by Crippen LogP contribution is 2.28. The van der Waals surface area contributed by atoms with Gasteiger partial charge in [0.25, 0.3) is 0 Å². The lowest BCUT2D eigenvalue weighted by molar-refractivity contribution is 0.252. The van der Waals surface area contributed by atoms with Crippen LogP contribution in [0.4, 0.5) is 0 Å². The van der Waals surface area contributed by atoms with Crippen molar-refractivity contribution in [2.45, 2.75) is 44.7 Å². The van der Waals surface area contributed by atoms with Crippen LogP contribution in [0.3, 0.4) is 0 Å². The fraction of sp³-hybridized carbons (Fsp3) is 0.600. The number of aliphatic hydroxyl groups is 1. The van der Waals surface area contributed by atoms with Crippen molar-refractivity contribution < 1.29 is 5.11 Å². The van der Waals surface area contributed by atoms with E-state index in [1.54, 1.807) is 0 Å². The molecule has 17 heavy (non-hydrogen) atoms. The third kappa shape index (κ3) is 3.30. The van der Waals surface area contributed by atoms with Crippen molar-refractivity contribution in [2.75, 3.05) is 6.61 Å². The normalized spacial score (nSPS) is 26.0. The summed E-state index contributed by atoms with van der Waals surface area (Å²) in [7, 11) is 0. The molecule has 0 radical (unpaired) electrons. The summed E-state index contributed by atoms with van der Waals surface area (Å²) >= 11 is 0. The molecule has 1 aliphatic carbocycles. The Morgan fingerprint density at radius 1 is 1.29 bits per heavy atom. The Morgan fingerprint density at radius 2 is 2.06 bits per heavy atom. The molecule has 1 saturated carbocycles. The monoisotopic (exact) mass is 233 g/mol. The van der Waals surface area contributed by atoms with Crippen molar-refractivity contribution in [1.82, 2.24) is 5.32 Å². The van der Waals surface area contributed by atoms with Crippen LogP contribution in [-0.4, -0.2) is 17.8 Å². The predicted octanol–water partition coefficient (Wildman–Crippen LogP) is 2.89. The Kier molecular flexibility index (Phi) is 4.57. The van der Waals surface area contributed by atoms with Gasteiger partial charge in [0.1, 0.15) is 0 Å². The number of benzene rings is 1. The van der Waals surface area contributed by atoms with Gasteiger partial charge >= 0.3 is 0 Å². The maximum absolute atomic E-state index is 9.20. The largest absolute Gasteiger partial charge is 0.396 e. The quantitative estimate of drug-likeness (QED) is 0.819. The Morgan fingerprint density at radius 3 is 2.65 bits per heavy atom. The minimum Gasteiger partial charge on any atom is -0.396 e. The van der Waals surface area contributed by atoms with E-state index in [1.165, 1.54) is 24.8 Å². The molecule has 1 fully saturated rings. The first-order valence-electron chi connectivity index (χ1n) is 6.73. The lowest BCUT2D eigenvalue weighted by atomic mass is 10.00. The van der Waals surface area contributed by atoms with E-state index >= 15 is 0 Å².